The van der Waals surface area contributed by atoms with Gasteiger partial charge in [-0.2, -0.15) is 0 Å². The van der Waals surface area contributed by atoms with E-state index in [1.807, 2.05) is 0 Å². The molecular formula is C22H20ClFN2O3S. The van der Waals surface area contributed by atoms with Crippen LogP contribution in [0.4, 0.5) is 10.1 Å². The Hall–Kier alpha value is -2.90. The highest BCUT2D eigenvalue weighted by Crippen LogP contribution is 2.27. The van der Waals surface area contributed by atoms with Crippen LogP contribution in [-0.2, 0) is 10.0 Å². The summed E-state index contributed by atoms with van der Waals surface area (Å²) in [6.45, 7) is 1.76. The molecule has 0 radical (unpaired) electrons. The van der Waals surface area contributed by atoms with Crippen LogP contribution in [0.25, 0.3) is 0 Å². The first-order chi connectivity index (χ1) is 14.2. The van der Waals surface area contributed by atoms with Crippen LogP contribution < -0.4 is 9.62 Å². The molecule has 0 fully saturated rings. The molecule has 3 rings (SSSR count). The minimum Gasteiger partial charge on any atom is -0.345 e. The largest absolute Gasteiger partial charge is 0.345 e. The number of hydrogen-bond donors (Lipinski definition) is 1. The van der Waals surface area contributed by atoms with Gasteiger partial charge in [-0.05, 0) is 55.0 Å². The van der Waals surface area contributed by atoms with Crippen molar-refractivity contribution in [3.8, 4) is 0 Å². The van der Waals surface area contributed by atoms with Crippen molar-refractivity contribution >= 4 is 33.2 Å². The quantitative estimate of drug-likeness (QED) is 0.591. The van der Waals surface area contributed by atoms with Crippen molar-refractivity contribution in [2.24, 2.45) is 0 Å². The standard InChI is InChI=1S/C22H20ClFN2O3S/c1-15(16-8-10-17(24)11-9-16)25-22(27)20-14-18(12-13-21(20)23)26(2)30(28,29)19-6-4-3-5-7-19/h3-15H,1-2H3,(H,25,27)/t15-/m0/s1. The summed E-state index contributed by atoms with van der Waals surface area (Å²) in [5, 5.41) is 2.98. The summed E-state index contributed by atoms with van der Waals surface area (Å²) in [6.07, 6.45) is 0. The third-order valence-electron chi connectivity index (χ3n) is 4.68. The van der Waals surface area contributed by atoms with Gasteiger partial charge in [0.25, 0.3) is 15.9 Å². The van der Waals surface area contributed by atoms with E-state index in [9.17, 15) is 17.6 Å². The molecule has 0 heterocycles. The zero-order chi connectivity index (χ0) is 21.9. The van der Waals surface area contributed by atoms with E-state index in [-0.39, 0.29) is 21.3 Å². The normalized spacial score (nSPS) is 12.3. The lowest BCUT2D eigenvalue weighted by molar-refractivity contribution is 0.0940. The van der Waals surface area contributed by atoms with Gasteiger partial charge in [0.1, 0.15) is 5.82 Å². The summed E-state index contributed by atoms with van der Waals surface area (Å²) in [7, 11) is -2.38. The third-order valence-corrected chi connectivity index (χ3v) is 6.81. The Morgan fingerprint density at radius 1 is 1.03 bits per heavy atom. The van der Waals surface area contributed by atoms with Gasteiger partial charge in [-0.15, -0.1) is 0 Å². The molecule has 1 atom stereocenters. The Bertz CT molecular complexity index is 1150. The van der Waals surface area contributed by atoms with Crippen LogP contribution in [0, 0.1) is 5.82 Å². The molecule has 30 heavy (non-hydrogen) atoms. The molecule has 8 heteroatoms. The molecule has 0 saturated heterocycles. The van der Waals surface area contributed by atoms with Crippen LogP contribution in [0.2, 0.25) is 5.02 Å². The van der Waals surface area contributed by atoms with E-state index in [0.29, 0.717) is 5.69 Å². The van der Waals surface area contributed by atoms with Crippen LogP contribution >= 0.6 is 11.6 Å². The molecule has 0 saturated carbocycles. The molecule has 0 bridgehead atoms. The molecule has 1 N–H and O–H groups in total. The van der Waals surface area contributed by atoms with Gasteiger partial charge in [-0.3, -0.25) is 9.10 Å². The predicted molar refractivity (Wildman–Crippen MR) is 116 cm³/mol. The highest BCUT2D eigenvalue weighted by atomic mass is 35.5. The van der Waals surface area contributed by atoms with Crippen LogP contribution in [0.3, 0.4) is 0 Å². The van der Waals surface area contributed by atoms with Gasteiger partial charge in [0.2, 0.25) is 0 Å². The summed E-state index contributed by atoms with van der Waals surface area (Å²) in [5.41, 5.74) is 1.15. The summed E-state index contributed by atoms with van der Waals surface area (Å²) < 4.78 is 39.9. The van der Waals surface area contributed by atoms with E-state index in [1.54, 1.807) is 37.3 Å². The number of anilines is 1. The van der Waals surface area contributed by atoms with Crippen LogP contribution in [0.5, 0.6) is 0 Å². The zero-order valence-corrected chi connectivity index (χ0v) is 17.9. The topological polar surface area (TPSA) is 66.5 Å². The number of sulfonamides is 1. The van der Waals surface area contributed by atoms with Gasteiger partial charge in [0.05, 0.1) is 27.2 Å². The van der Waals surface area contributed by atoms with E-state index in [1.165, 1.54) is 49.5 Å². The number of carbonyl (C=O) groups excluding carboxylic acids is 1. The van der Waals surface area contributed by atoms with E-state index in [0.717, 1.165) is 9.87 Å². The second-order valence-corrected chi connectivity index (χ2v) is 9.07. The van der Waals surface area contributed by atoms with E-state index in [2.05, 4.69) is 5.32 Å². The van der Waals surface area contributed by atoms with Gasteiger partial charge in [0, 0.05) is 7.05 Å². The molecule has 3 aromatic carbocycles. The molecular weight excluding hydrogens is 427 g/mol. The molecule has 5 nitrogen and oxygen atoms in total. The maximum absolute atomic E-state index is 13.1. The summed E-state index contributed by atoms with van der Waals surface area (Å²) in [5.74, 6) is -0.833. The fraction of sp³-hybridized carbons (Fsp3) is 0.136. The highest BCUT2D eigenvalue weighted by molar-refractivity contribution is 7.92. The molecule has 156 valence electrons. The highest BCUT2D eigenvalue weighted by Gasteiger charge is 2.23. The van der Waals surface area contributed by atoms with Crippen molar-refractivity contribution < 1.29 is 17.6 Å². The van der Waals surface area contributed by atoms with Gasteiger partial charge in [-0.25, -0.2) is 12.8 Å². The molecule has 0 aliphatic carbocycles. The lowest BCUT2D eigenvalue weighted by Gasteiger charge is -2.21. The first-order valence-electron chi connectivity index (χ1n) is 9.10. The summed E-state index contributed by atoms with van der Waals surface area (Å²) in [4.78, 5) is 12.9. The minimum absolute atomic E-state index is 0.137. The molecule has 0 aliphatic rings. The molecule has 3 aromatic rings. The first kappa shape index (κ1) is 21.8. The van der Waals surface area contributed by atoms with Crippen molar-refractivity contribution in [2.75, 3.05) is 11.4 Å². The first-order valence-corrected chi connectivity index (χ1v) is 10.9. The van der Waals surface area contributed by atoms with Gasteiger partial charge >= 0.3 is 0 Å². The van der Waals surface area contributed by atoms with E-state index < -0.39 is 22.0 Å². The maximum Gasteiger partial charge on any atom is 0.264 e. The van der Waals surface area contributed by atoms with Crippen LogP contribution in [0.15, 0.2) is 77.7 Å². The average Bonchev–Trinajstić information content (AvgIpc) is 2.74. The minimum atomic E-state index is -3.79. The van der Waals surface area contributed by atoms with Gasteiger partial charge in [0.15, 0.2) is 0 Å². The average molecular weight is 447 g/mol. The third kappa shape index (κ3) is 4.63. The van der Waals surface area contributed by atoms with Crippen molar-refractivity contribution in [1.29, 1.82) is 0 Å². The number of nitrogens with zero attached hydrogens (tertiary/aromatic N) is 1. The summed E-state index contributed by atoms with van der Waals surface area (Å²) >= 11 is 6.20. The Morgan fingerprint density at radius 2 is 1.67 bits per heavy atom. The number of hydrogen-bond acceptors (Lipinski definition) is 3. The fourth-order valence-electron chi connectivity index (χ4n) is 2.88. The molecule has 0 spiro atoms. The Kier molecular flexibility index (Phi) is 6.43. The second-order valence-electron chi connectivity index (χ2n) is 6.70. The molecule has 0 aliphatic heterocycles. The van der Waals surface area contributed by atoms with E-state index >= 15 is 0 Å². The smallest absolute Gasteiger partial charge is 0.264 e. The predicted octanol–water partition coefficient (Wildman–Crippen LogP) is 4.80. The van der Waals surface area contributed by atoms with Crippen LogP contribution in [-0.4, -0.2) is 21.4 Å². The fourth-order valence-corrected chi connectivity index (χ4v) is 4.29. The number of halogens is 2. The lowest BCUT2D eigenvalue weighted by Crippen LogP contribution is -2.29. The molecule has 1 amide bonds. The number of benzene rings is 3. The zero-order valence-electron chi connectivity index (χ0n) is 16.3. The van der Waals surface area contributed by atoms with Crippen molar-refractivity contribution in [3.05, 3.63) is 94.8 Å². The Morgan fingerprint density at radius 3 is 2.30 bits per heavy atom. The van der Waals surface area contributed by atoms with Gasteiger partial charge < -0.3 is 5.32 Å². The van der Waals surface area contributed by atoms with Crippen LogP contribution in [0.1, 0.15) is 28.9 Å². The number of rotatable bonds is 6. The monoisotopic (exact) mass is 446 g/mol. The number of carbonyl (C=O) groups is 1. The maximum atomic E-state index is 13.1. The number of nitrogens with one attached hydrogen (secondary N) is 1. The molecule has 0 unspecified atom stereocenters. The number of amides is 1. The molecule has 0 aromatic heterocycles. The SMILES string of the molecule is C[C@H](NC(=O)c1cc(N(C)S(=O)(=O)c2ccccc2)ccc1Cl)c1ccc(F)cc1. The van der Waals surface area contributed by atoms with Crippen molar-refractivity contribution in [1.82, 2.24) is 5.32 Å². The van der Waals surface area contributed by atoms with Crippen molar-refractivity contribution in [2.45, 2.75) is 17.9 Å². The Labute approximate surface area is 180 Å². The van der Waals surface area contributed by atoms with E-state index in [4.69, 9.17) is 11.6 Å². The summed E-state index contributed by atoms with van der Waals surface area (Å²) in [6, 6.07) is 17.8. The van der Waals surface area contributed by atoms with Gasteiger partial charge in [-0.1, -0.05) is 41.9 Å². The Balaban J connectivity index is 1.86. The van der Waals surface area contributed by atoms with Crippen molar-refractivity contribution in [3.63, 3.8) is 0 Å². The second kappa shape index (κ2) is 8.85. The lowest BCUT2D eigenvalue weighted by atomic mass is 10.1.